The molecule has 0 atom stereocenters. The lowest BCUT2D eigenvalue weighted by Gasteiger charge is -2.27. The first-order valence-corrected chi connectivity index (χ1v) is 5.91. The second-order valence-corrected chi connectivity index (χ2v) is 4.63. The van der Waals surface area contributed by atoms with Crippen molar-refractivity contribution in [3.8, 4) is 0 Å². The van der Waals surface area contributed by atoms with Crippen molar-refractivity contribution < 1.29 is 0 Å². The first-order valence-electron chi connectivity index (χ1n) is 4.84. The van der Waals surface area contributed by atoms with Gasteiger partial charge in [-0.3, -0.25) is 4.98 Å². The highest BCUT2D eigenvalue weighted by atomic mass is 35.5. The van der Waals surface area contributed by atoms with Gasteiger partial charge in [-0.05, 0) is 32.9 Å². The second kappa shape index (κ2) is 5.04. The summed E-state index contributed by atoms with van der Waals surface area (Å²) in [4.78, 5) is 4.31. The molecule has 0 aliphatic rings. The summed E-state index contributed by atoms with van der Waals surface area (Å²) in [6.07, 6.45) is 0. The number of rotatable bonds is 4. The maximum absolute atomic E-state index is 5.88. The predicted molar refractivity (Wildman–Crippen MR) is 67.2 cm³/mol. The topological polar surface area (TPSA) is 24.9 Å². The van der Waals surface area contributed by atoms with Crippen molar-refractivity contribution in [2.45, 2.75) is 26.3 Å². The molecule has 0 bridgehead atoms. The van der Waals surface area contributed by atoms with E-state index in [4.69, 9.17) is 23.2 Å². The van der Waals surface area contributed by atoms with Crippen LogP contribution < -0.4 is 5.32 Å². The number of aromatic nitrogens is 1. The monoisotopic (exact) mass is 246 g/mol. The van der Waals surface area contributed by atoms with Gasteiger partial charge in [-0.2, -0.15) is 0 Å². The lowest BCUT2D eigenvalue weighted by atomic mass is 10.1. The minimum atomic E-state index is -0.274. The molecule has 1 aromatic rings. The molecule has 0 amide bonds. The van der Waals surface area contributed by atoms with E-state index in [1.54, 1.807) is 0 Å². The fraction of sp³-hybridized carbons (Fsp3) is 0.545. The van der Waals surface area contributed by atoms with Gasteiger partial charge in [-0.15, -0.1) is 23.2 Å². The number of halogens is 2. The molecule has 0 saturated heterocycles. The molecule has 1 heterocycles. The minimum absolute atomic E-state index is 0.274. The van der Waals surface area contributed by atoms with E-state index in [9.17, 15) is 0 Å². The molecule has 15 heavy (non-hydrogen) atoms. The van der Waals surface area contributed by atoms with Crippen LogP contribution in [0.2, 0.25) is 0 Å². The van der Waals surface area contributed by atoms with Gasteiger partial charge in [0.2, 0.25) is 0 Å². The third-order valence-corrected chi connectivity index (χ3v) is 3.30. The highest BCUT2D eigenvalue weighted by Gasteiger charge is 2.21. The zero-order chi connectivity index (χ0) is 11.5. The summed E-state index contributed by atoms with van der Waals surface area (Å²) in [5, 5.41) is 3.33. The zero-order valence-corrected chi connectivity index (χ0v) is 10.8. The van der Waals surface area contributed by atoms with Crippen LogP contribution in [0.25, 0.3) is 0 Å². The Morgan fingerprint density at radius 3 is 2.07 bits per heavy atom. The first kappa shape index (κ1) is 12.6. The van der Waals surface area contributed by atoms with Crippen LogP contribution in [0.1, 0.15) is 18.3 Å². The zero-order valence-electron chi connectivity index (χ0n) is 9.27. The molecule has 0 saturated carbocycles. The molecular weight excluding hydrogens is 231 g/mol. The van der Waals surface area contributed by atoms with E-state index in [2.05, 4.69) is 10.3 Å². The van der Waals surface area contributed by atoms with Crippen molar-refractivity contribution in [3.63, 3.8) is 0 Å². The smallest absolute Gasteiger partial charge is 0.0615 e. The third kappa shape index (κ3) is 3.54. The standard InChI is InChI=1S/C11H16Cl2N2/c1-8-4-10(5-9(2)14-8)15-11(3,6-12)7-13/h4-5H,6-7H2,1-3H3,(H,14,15). The number of anilines is 1. The fourth-order valence-corrected chi connectivity index (χ4v) is 1.78. The summed E-state index contributed by atoms with van der Waals surface area (Å²) in [5.41, 5.74) is 2.72. The van der Waals surface area contributed by atoms with Crippen molar-refractivity contribution in [1.29, 1.82) is 0 Å². The van der Waals surface area contributed by atoms with Gasteiger partial charge in [-0.1, -0.05) is 0 Å². The van der Waals surface area contributed by atoms with Crippen LogP contribution in [0.3, 0.4) is 0 Å². The largest absolute Gasteiger partial charge is 0.377 e. The Morgan fingerprint density at radius 2 is 1.67 bits per heavy atom. The van der Waals surface area contributed by atoms with Gasteiger partial charge in [0.1, 0.15) is 0 Å². The van der Waals surface area contributed by atoms with E-state index in [-0.39, 0.29) is 5.54 Å². The van der Waals surface area contributed by atoms with Gasteiger partial charge >= 0.3 is 0 Å². The fourth-order valence-electron chi connectivity index (χ4n) is 1.36. The average molecular weight is 247 g/mol. The maximum atomic E-state index is 5.88. The Kier molecular flexibility index (Phi) is 4.23. The number of aryl methyl sites for hydroxylation is 2. The quantitative estimate of drug-likeness (QED) is 0.825. The van der Waals surface area contributed by atoms with E-state index in [0.717, 1.165) is 17.1 Å². The summed E-state index contributed by atoms with van der Waals surface area (Å²) >= 11 is 11.8. The number of hydrogen-bond acceptors (Lipinski definition) is 2. The van der Waals surface area contributed by atoms with Crippen LogP contribution in [0.5, 0.6) is 0 Å². The molecule has 4 heteroatoms. The van der Waals surface area contributed by atoms with Crippen molar-refractivity contribution >= 4 is 28.9 Å². The van der Waals surface area contributed by atoms with Crippen molar-refractivity contribution in [3.05, 3.63) is 23.5 Å². The van der Waals surface area contributed by atoms with Gasteiger partial charge in [0, 0.05) is 28.8 Å². The summed E-state index contributed by atoms with van der Waals surface area (Å²) in [6.45, 7) is 5.94. The van der Waals surface area contributed by atoms with E-state index in [0.29, 0.717) is 11.8 Å². The molecule has 1 aromatic heterocycles. The van der Waals surface area contributed by atoms with Crippen molar-refractivity contribution in [2.75, 3.05) is 17.1 Å². The maximum Gasteiger partial charge on any atom is 0.0615 e. The molecule has 0 aromatic carbocycles. The Balaban J connectivity index is 2.88. The Morgan fingerprint density at radius 1 is 1.20 bits per heavy atom. The second-order valence-electron chi connectivity index (χ2n) is 4.09. The third-order valence-electron chi connectivity index (χ3n) is 2.12. The predicted octanol–water partition coefficient (Wildman–Crippen LogP) is 3.35. The van der Waals surface area contributed by atoms with E-state index >= 15 is 0 Å². The average Bonchev–Trinajstić information content (AvgIpc) is 2.16. The number of alkyl halides is 2. The normalized spacial score (nSPS) is 11.5. The number of pyridine rings is 1. The van der Waals surface area contributed by atoms with E-state index < -0.39 is 0 Å². The molecule has 0 fully saturated rings. The molecular formula is C11H16Cl2N2. The molecule has 0 aliphatic carbocycles. The van der Waals surface area contributed by atoms with Crippen molar-refractivity contribution in [2.24, 2.45) is 0 Å². The minimum Gasteiger partial charge on any atom is -0.377 e. The summed E-state index contributed by atoms with van der Waals surface area (Å²) in [7, 11) is 0. The van der Waals surface area contributed by atoms with Crippen LogP contribution in [0.15, 0.2) is 12.1 Å². The van der Waals surface area contributed by atoms with Crippen LogP contribution in [0, 0.1) is 13.8 Å². The van der Waals surface area contributed by atoms with Gasteiger partial charge in [0.05, 0.1) is 5.54 Å². The molecule has 0 aliphatic heterocycles. The van der Waals surface area contributed by atoms with Crippen molar-refractivity contribution in [1.82, 2.24) is 4.98 Å². The summed E-state index contributed by atoms with van der Waals surface area (Å²) in [5.74, 6) is 0.938. The summed E-state index contributed by atoms with van der Waals surface area (Å²) in [6, 6.07) is 3.98. The Hall–Kier alpha value is -0.470. The highest BCUT2D eigenvalue weighted by molar-refractivity contribution is 6.22. The Labute approximate surface area is 101 Å². The lowest BCUT2D eigenvalue weighted by molar-refractivity contribution is 0.648. The number of nitrogens with one attached hydrogen (secondary N) is 1. The number of nitrogens with zero attached hydrogens (tertiary/aromatic N) is 1. The Bertz CT molecular complexity index is 315. The molecule has 0 spiro atoms. The lowest BCUT2D eigenvalue weighted by Crippen LogP contribution is -2.38. The van der Waals surface area contributed by atoms with E-state index in [1.807, 2.05) is 32.9 Å². The summed E-state index contributed by atoms with van der Waals surface area (Å²) < 4.78 is 0. The van der Waals surface area contributed by atoms with Gasteiger partial charge in [-0.25, -0.2) is 0 Å². The molecule has 0 radical (unpaired) electrons. The molecule has 0 unspecified atom stereocenters. The van der Waals surface area contributed by atoms with Crippen LogP contribution >= 0.6 is 23.2 Å². The highest BCUT2D eigenvalue weighted by Crippen LogP contribution is 2.19. The van der Waals surface area contributed by atoms with Crippen LogP contribution in [0.4, 0.5) is 5.69 Å². The SMILES string of the molecule is Cc1cc(NC(C)(CCl)CCl)cc(C)n1. The van der Waals surface area contributed by atoms with Gasteiger partial charge in [0.25, 0.3) is 0 Å². The van der Waals surface area contributed by atoms with Gasteiger partial charge in [0.15, 0.2) is 0 Å². The molecule has 1 rings (SSSR count). The molecule has 84 valence electrons. The molecule has 2 nitrogen and oxygen atoms in total. The van der Waals surface area contributed by atoms with Crippen LogP contribution in [-0.2, 0) is 0 Å². The van der Waals surface area contributed by atoms with Crippen LogP contribution in [-0.4, -0.2) is 22.3 Å². The number of hydrogen-bond donors (Lipinski definition) is 1. The first-order chi connectivity index (χ1) is 6.99. The molecule has 1 N–H and O–H groups in total. The van der Waals surface area contributed by atoms with Gasteiger partial charge < -0.3 is 5.32 Å². The van der Waals surface area contributed by atoms with E-state index in [1.165, 1.54) is 0 Å².